The average Bonchev–Trinajstić information content (AvgIpc) is 2.61. The van der Waals surface area contributed by atoms with E-state index in [1.165, 1.54) is 19.3 Å². The van der Waals surface area contributed by atoms with Crippen molar-refractivity contribution in [2.45, 2.75) is 39.2 Å². The summed E-state index contributed by atoms with van der Waals surface area (Å²) in [4.78, 5) is 14.6. The molecule has 0 spiro atoms. The number of rotatable bonds is 8. The van der Waals surface area contributed by atoms with Crippen molar-refractivity contribution in [1.82, 2.24) is 10.2 Å². The number of hydrogen-bond donors (Lipinski definition) is 1. The van der Waals surface area contributed by atoms with Crippen LogP contribution in [0.5, 0.6) is 11.5 Å². The van der Waals surface area contributed by atoms with Crippen molar-refractivity contribution in [3.63, 3.8) is 0 Å². The zero-order valence-electron chi connectivity index (χ0n) is 15.1. The summed E-state index contributed by atoms with van der Waals surface area (Å²) in [7, 11) is 1.59. The first-order valence-electron chi connectivity index (χ1n) is 8.88. The van der Waals surface area contributed by atoms with Gasteiger partial charge in [-0.15, -0.1) is 0 Å². The first-order valence-corrected chi connectivity index (χ1v) is 8.88. The van der Waals surface area contributed by atoms with Crippen molar-refractivity contribution in [3.05, 3.63) is 24.3 Å². The Morgan fingerprint density at radius 3 is 2.46 bits per heavy atom. The van der Waals surface area contributed by atoms with E-state index in [1.54, 1.807) is 13.2 Å². The Labute approximate surface area is 145 Å². The van der Waals surface area contributed by atoms with Crippen molar-refractivity contribution in [2.24, 2.45) is 5.92 Å². The second-order valence-electron chi connectivity index (χ2n) is 6.65. The number of benzene rings is 1. The first-order chi connectivity index (χ1) is 11.6. The number of ether oxygens (including phenoxy) is 2. The van der Waals surface area contributed by atoms with Crippen LogP contribution < -0.4 is 14.8 Å². The molecule has 2 rings (SSSR count). The molecule has 1 aromatic rings. The summed E-state index contributed by atoms with van der Waals surface area (Å²) in [6.07, 6.45) is 3.84. The van der Waals surface area contributed by atoms with E-state index < -0.39 is 0 Å². The minimum absolute atomic E-state index is 0.00515. The van der Waals surface area contributed by atoms with Crippen molar-refractivity contribution >= 4 is 5.91 Å². The van der Waals surface area contributed by atoms with E-state index in [2.05, 4.69) is 24.1 Å². The number of para-hydroxylation sites is 2. The van der Waals surface area contributed by atoms with E-state index in [4.69, 9.17) is 9.47 Å². The largest absolute Gasteiger partial charge is 0.493 e. The molecule has 5 nitrogen and oxygen atoms in total. The second kappa shape index (κ2) is 9.52. The van der Waals surface area contributed by atoms with Crippen molar-refractivity contribution in [3.8, 4) is 11.5 Å². The number of methoxy groups -OCH3 is 1. The molecule has 0 aromatic heterocycles. The van der Waals surface area contributed by atoms with Gasteiger partial charge in [0.05, 0.1) is 7.11 Å². The van der Waals surface area contributed by atoms with Gasteiger partial charge in [0, 0.05) is 12.6 Å². The summed E-state index contributed by atoms with van der Waals surface area (Å²) >= 11 is 0. The third kappa shape index (κ3) is 5.41. The molecule has 0 bridgehead atoms. The van der Waals surface area contributed by atoms with Gasteiger partial charge in [0.1, 0.15) is 0 Å². The lowest BCUT2D eigenvalue weighted by Gasteiger charge is -2.37. The van der Waals surface area contributed by atoms with Crippen molar-refractivity contribution < 1.29 is 14.3 Å². The minimum atomic E-state index is -0.0939. The number of nitrogens with one attached hydrogen (secondary N) is 1. The van der Waals surface area contributed by atoms with Crippen molar-refractivity contribution in [1.29, 1.82) is 0 Å². The van der Waals surface area contributed by atoms with Crippen molar-refractivity contribution in [2.75, 3.05) is 33.4 Å². The van der Waals surface area contributed by atoms with E-state index in [9.17, 15) is 4.79 Å². The van der Waals surface area contributed by atoms with E-state index in [1.807, 2.05) is 18.2 Å². The monoisotopic (exact) mass is 334 g/mol. The van der Waals surface area contributed by atoms with Crippen LogP contribution in [0.3, 0.4) is 0 Å². The third-order valence-electron chi connectivity index (χ3n) is 4.57. The molecule has 0 radical (unpaired) electrons. The van der Waals surface area contributed by atoms with Crippen LogP contribution in [0.1, 0.15) is 33.1 Å². The smallest absolute Gasteiger partial charge is 0.257 e. The van der Waals surface area contributed by atoms with Gasteiger partial charge in [0.15, 0.2) is 18.1 Å². The summed E-state index contributed by atoms with van der Waals surface area (Å²) in [5.41, 5.74) is 0. The molecule has 1 aliphatic rings. The van der Waals surface area contributed by atoms with Crippen LogP contribution in [0.4, 0.5) is 0 Å². The van der Waals surface area contributed by atoms with Crippen LogP contribution in [0, 0.1) is 5.92 Å². The number of piperidine rings is 1. The fourth-order valence-corrected chi connectivity index (χ4v) is 3.19. The standard InChI is InChI=1S/C19H30N2O3/c1-15(2)16(21-11-7-4-8-12-21)13-20-19(22)14-24-18-10-6-5-9-17(18)23-3/h5-6,9-10,15-16H,4,7-8,11-14H2,1-3H3,(H,20,22). The Hall–Kier alpha value is -1.75. The van der Waals surface area contributed by atoms with Crippen LogP contribution in [0.2, 0.25) is 0 Å². The maximum absolute atomic E-state index is 12.1. The van der Waals surface area contributed by atoms with Gasteiger partial charge in [-0.3, -0.25) is 9.69 Å². The number of carbonyl (C=O) groups is 1. The predicted octanol–water partition coefficient (Wildman–Crippen LogP) is 2.70. The lowest BCUT2D eigenvalue weighted by molar-refractivity contribution is -0.123. The average molecular weight is 334 g/mol. The SMILES string of the molecule is COc1ccccc1OCC(=O)NCC(C(C)C)N1CCCCC1. The van der Waals surface area contributed by atoms with Gasteiger partial charge in [0.25, 0.3) is 5.91 Å². The topological polar surface area (TPSA) is 50.8 Å². The van der Waals surface area contributed by atoms with Gasteiger partial charge in [-0.1, -0.05) is 32.4 Å². The Balaban J connectivity index is 1.80. The summed E-state index contributed by atoms with van der Waals surface area (Å²) in [6, 6.07) is 7.74. The molecule has 24 heavy (non-hydrogen) atoms. The van der Waals surface area contributed by atoms with Gasteiger partial charge in [-0.2, -0.15) is 0 Å². The highest BCUT2D eigenvalue weighted by molar-refractivity contribution is 5.77. The minimum Gasteiger partial charge on any atom is -0.493 e. The molecule has 1 atom stereocenters. The highest BCUT2D eigenvalue weighted by Crippen LogP contribution is 2.25. The highest BCUT2D eigenvalue weighted by atomic mass is 16.5. The maximum Gasteiger partial charge on any atom is 0.257 e. The van der Waals surface area contributed by atoms with Gasteiger partial charge in [-0.05, 0) is 44.0 Å². The third-order valence-corrected chi connectivity index (χ3v) is 4.57. The zero-order valence-corrected chi connectivity index (χ0v) is 15.1. The summed E-state index contributed by atoms with van der Waals surface area (Å²) in [5.74, 6) is 1.65. The van der Waals surface area contributed by atoms with E-state index in [0.717, 1.165) is 13.1 Å². The van der Waals surface area contributed by atoms with Crippen LogP contribution in [0.25, 0.3) is 0 Å². The first kappa shape index (κ1) is 18.6. The molecule has 1 unspecified atom stereocenters. The van der Waals surface area contributed by atoms with Crippen LogP contribution in [-0.2, 0) is 4.79 Å². The number of hydrogen-bond acceptors (Lipinski definition) is 4. The quantitative estimate of drug-likeness (QED) is 0.794. The molecular formula is C19H30N2O3. The molecule has 0 aliphatic carbocycles. The Kier molecular flexibility index (Phi) is 7.37. The Morgan fingerprint density at radius 2 is 1.83 bits per heavy atom. The summed E-state index contributed by atoms with van der Waals surface area (Å²) in [6.45, 7) is 7.39. The molecule has 1 aliphatic heterocycles. The maximum atomic E-state index is 12.1. The van der Waals surface area contributed by atoms with E-state index >= 15 is 0 Å². The molecule has 1 fully saturated rings. The lowest BCUT2D eigenvalue weighted by atomic mass is 9.99. The highest BCUT2D eigenvalue weighted by Gasteiger charge is 2.23. The van der Waals surface area contributed by atoms with Gasteiger partial charge in [0.2, 0.25) is 0 Å². The molecule has 1 N–H and O–H groups in total. The normalized spacial score (nSPS) is 16.7. The summed E-state index contributed by atoms with van der Waals surface area (Å²) in [5, 5.41) is 3.02. The van der Waals surface area contributed by atoms with Gasteiger partial charge < -0.3 is 14.8 Å². The Bertz CT molecular complexity index is 513. The molecule has 5 heteroatoms. The van der Waals surface area contributed by atoms with Crippen LogP contribution in [0.15, 0.2) is 24.3 Å². The lowest BCUT2D eigenvalue weighted by Crippen LogP contribution is -2.49. The molecular weight excluding hydrogens is 304 g/mol. The van der Waals surface area contributed by atoms with Crippen LogP contribution in [-0.4, -0.2) is 50.2 Å². The van der Waals surface area contributed by atoms with Crippen LogP contribution >= 0.6 is 0 Å². The predicted molar refractivity (Wildman–Crippen MR) is 95.5 cm³/mol. The molecule has 1 heterocycles. The zero-order chi connectivity index (χ0) is 17.4. The number of amides is 1. The van der Waals surface area contributed by atoms with E-state index in [0.29, 0.717) is 30.0 Å². The molecule has 0 saturated carbocycles. The summed E-state index contributed by atoms with van der Waals surface area (Å²) < 4.78 is 10.8. The molecule has 1 amide bonds. The fourth-order valence-electron chi connectivity index (χ4n) is 3.19. The molecule has 1 saturated heterocycles. The number of likely N-dealkylation sites (tertiary alicyclic amines) is 1. The molecule has 1 aromatic carbocycles. The Morgan fingerprint density at radius 1 is 1.17 bits per heavy atom. The second-order valence-corrected chi connectivity index (χ2v) is 6.65. The molecule has 134 valence electrons. The van der Waals surface area contributed by atoms with Gasteiger partial charge >= 0.3 is 0 Å². The fraction of sp³-hybridized carbons (Fsp3) is 0.632. The van der Waals surface area contributed by atoms with E-state index in [-0.39, 0.29) is 12.5 Å². The number of carbonyl (C=O) groups excluding carboxylic acids is 1. The van der Waals surface area contributed by atoms with Gasteiger partial charge in [-0.25, -0.2) is 0 Å². The number of nitrogens with zero attached hydrogens (tertiary/aromatic N) is 1.